The summed E-state index contributed by atoms with van der Waals surface area (Å²) >= 11 is 1.42. The van der Waals surface area contributed by atoms with Gasteiger partial charge in [0.15, 0.2) is 0 Å². The van der Waals surface area contributed by atoms with Crippen molar-refractivity contribution in [1.82, 2.24) is 20.1 Å². The van der Waals surface area contributed by atoms with Crippen LogP contribution in [0.1, 0.15) is 31.2 Å². The van der Waals surface area contributed by atoms with Crippen LogP contribution in [0.25, 0.3) is 10.9 Å². The van der Waals surface area contributed by atoms with Crippen LogP contribution in [0.15, 0.2) is 78.3 Å². The average Bonchev–Trinajstić information content (AvgIpc) is 3.43. The molecule has 34 heavy (non-hydrogen) atoms. The second-order valence-electron chi connectivity index (χ2n) is 8.42. The Morgan fingerprint density at radius 2 is 1.71 bits per heavy atom. The van der Waals surface area contributed by atoms with Gasteiger partial charge in [0.1, 0.15) is 0 Å². The standard InChI is InChI=1S/C27H26N4O2S/c32-26(24-7-3-17-34-24)29-18-20-8-10-22(11-9-20)27(33)31-15-13-30(14-16-31)19-23-5-1-4-21-6-2-12-28-25(21)23/h1-12,17H,13-16,18-19H2,(H,29,32). The minimum atomic E-state index is -0.0766. The Morgan fingerprint density at radius 1 is 0.912 bits per heavy atom. The summed E-state index contributed by atoms with van der Waals surface area (Å²) in [4.78, 5) is 34.7. The Kier molecular flexibility index (Phi) is 6.65. The number of rotatable bonds is 6. The smallest absolute Gasteiger partial charge is 0.261 e. The molecule has 172 valence electrons. The number of hydrogen-bond acceptors (Lipinski definition) is 5. The van der Waals surface area contributed by atoms with Gasteiger partial charge >= 0.3 is 0 Å². The summed E-state index contributed by atoms with van der Waals surface area (Å²) in [5.41, 5.74) is 3.92. The molecule has 1 aliphatic rings. The van der Waals surface area contributed by atoms with Crippen LogP contribution in [0.5, 0.6) is 0 Å². The highest BCUT2D eigenvalue weighted by Crippen LogP contribution is 2.19. The molecule has 1 saturated heterocycles. The number of thiophene rings is 1. The molecule has 3 heterocycles. The van der Waals surface area contributed by atoms with Gasteiger partial charge in [-0.05, 0) is 40.8 Å². The van der Waals surface area contributed by atoms with E-state index >= 15 is 0 Å². The van der Waals surface area contributed by atoms with Gasteiger partial charge in [-0.3, -0.25) is 19.5 Å². The van der Waals surface area contributed by atoms with Crippen LogP contribution < -0.4 is 5.32 Å². The van der Waals surface area contributed by atoms with E-state index in [-0.39, 0.29) is 11.8 Å². The first-order chi connectivity index (χ1) is 16.7. The highest BCUT2D eigenvalue weighted by atomic mass is 32.1. The maximum Gasteiger partial charge on any atom is 0.261 e. The van der Waals surface area contributed by atoms with Gasteiger partial charge < -0.3 is 10.2 Å². The Morgan fingerprint density at radius 3 is 2.47 bits per heavy atom. The zero-order chi connectivity index (χ0) is 23.3. The molecular formula is C27H26N4O2S. The van der Waals surface area contributed by atoms with Crippen LogP contribution in [0.4, 0.5) is 0 Å². The van der Waals surface area contributed by atoms with Gasteiger partial charge in [-0.1, -0.05) is 42.5 Å². The van der Waals surface area contributed by atoms with Crippen molar-refractivity contribution < 1.29 is 9.59 Å². The summed E-state index contributed by atoms with van der Waals surface area (Å²) in [6.07, 6.45) is 1.84. The molecule has 1 aliphatic heterocycles. The van der Waals surface area contributed by atoms with E-state index in [4.69, 9.17) is 0 Å². The molecule has 0 bridgehead atoms. The number of nitrogens with zero attached hydrogens (tertiary/aromatic N) is 3. The number of carbonyl (C=O) groups is 2. The number of para-hydroxylation sites is 1. The predicted molar refractivity (Wildman–Crippen MR) is 135 cm³/mol. The first-order valence-electron chi connectivity index (χ1n) is 11.4. The fraction of sp³-hybridized carbons (Fsp3) is 0.222. The van der Waals surface area contributed by atoms with Crippen LogP contribution in [0.3, 0.4) is 0 Å². The predicted octanol–water partition coefficient (Wildman–Crippen LogP) is 4.18. The lowest BCUT2D eigenvalue weighted by Gasteiger charge is -2.35. The van der Waals surface area contributed by atoms with Gasteiger partial charge in [-0.25, -0.2) is 0 Å². The number of piperazine rings is 1. The van der Waals surface area contributed by atoms with Gasteiger partial charge in [0, 0.05) is 56.4 Å². The van der Waals surface area contributed by atoms with E-state index in [9.17, 15) is 9.59 Å². The maximum atomic E-state index is 13.0. The summed E-state index contributed by atoms with van der Waals surface area (Å²) in [5, 5.41) is 5.96. The van der Waals surface area contributed by atoms with E-state index in [2.05, 4.69) is 39.5 Å². The lowest BCUT2D eigenvalue weighted by atomic mass is 10.1. The number of pyridine rings is 1. The van der Waals surface area contributed by atoms with Crippen molar-refractivity contribution >= 4 is 34.1 Å². The van der Waals surface area contributed by atoms with Crippen molar-refractivity contribution in [3.05, 3.63) is 99.9 Å². The molecule has 5 rings (SSSR count). The first-order valence-corrected chi connectivity index (χ1v) is 12.3. The summed E-state index contributed by atoms with van der Waals surface area (Å²) < 4.78 is 0. The van der Waals surface area contributed by atoms with Crippen LogP contribution in [-0.2, 0) is 13.1 Å². The van der Waals surface area contributed by atoms with Gasteiger partial charge in [0.05, 0.1) is 10.4 Å². The summed E-state index contributed by atoms with van der Waals surface area (Å²) in [6, 6.07) is 21.5. The lowest BCUT2D eigenvalue weighted by molar-refractivity contribution is 0.0628. The van der Waals surface area contributed by atoms with E-state index in [0.717, 1.165) is 36.1 Å². The average molecular weight is 471 g/mol. The SMILES string of the molecule is O=C(NCc1ccc(C(=O)N2CCN(Cc3cccc4cccnc34)CC2)cc1)c1cccs1. The molecule has 6 nitrogen and oxygen atoms in total. The molecule has 4 aromatic rings. The third-order valence-corrected chi connectivity index (χ3v) is 7.04. The Bertz CT molecular complexity index is 1270. The van der Waals surface area contributed by atoms with Crippen molar-refractivity contribution in [3.63, 3.8) is 0 Å². The molecule has 1 N–H and O–H groups in total. The summed E-state index contributed by atoms with van der Waals surface area (Å²) in [6.45, 7) is 4.35. The fourth-order valence-corrected chi connectivity index (χ4v) is 4.91. The summed E-state index contributed by atoms with van der Waals surface area (Å²) in [7, 11) is 0. The number of hydrogen-bond donors (Lipinski definition) is 1. The van der Waals surface area contributed by atoms with Crippen LogP contribution in [-0.4, -0.2) is 52.8 Å². The molecule has 7 heteroatoms. The normalized spacial score (nSPS) is 14.3. The minimum absolute atomic E-state index is 0.0562. The Balaban J connectivity index is 1.14. The van der Waals surface area contributed by atoms with Crippen molar-refractivity contribution in [1.29, 1.82) is 0 Å². The third kappa shape index (κ3) is 5.00. The van der Waals surface area contributed by atoms with E-state index in [0.29, 0.717) is 30.1 Å². The van der Waals surface area contributed by atoms with Gasteiger partial charge in [-0.15, -0.1) is 11.3 Å². The lowest BCUT2D eigenvalue weighted by Crippen LogP contribution is -2.48. The van der Waals surface area contributed by atoms with Gasteiger partial charge in [-0.2, -0.15) is 0 Å². The molecule has 0 radical (unpaired) electrons. The third-order valence-electron chi connectivity index (χ3n) is 6.17. The largest absolute Gasteiger partial charge is 0.347 e. The zero-order valence-corrected chi connectivity index (χ0v) is 19.6. The van der Waals surface area contributed by atoms with Gasteiger partial charge in [0.25, 0.3) is 11.8 Å². The second-order valence-corrected chi connectivity index (χ2v) is 9.37. The molecular weight excluding hydrogens is 444 g/mol. The number of aromatic nitrogens is 1. The molecule has 2 aromatic heterocycles. The van der Waals surface area contributed by atoms with Crippen molar-refractivity contribution in [3.8, 4) is 0 Å². The molecule has 2 amide bonds. The van der Waals surface area contributed by atoms with E-state index in [1.807, 2.05) is 52.9 Å². The first kappa shape index (κ1) is 22.3. The zero-order valence-electron chi connectivity index (χ0n) is 18.8. The van der Waals surface area contributed by atoms with Crippen molar-refractivity contribution in [2.45, 2.75) is 13.1 Å². The van der Waals surface area contributed by atoms with Crippen LogP contribution in [0, 0.1) is 0 Å². The quantitative estimate of drug-likeness (QED) is 0.459. The maximum absolute atomic E-state index is 13.0. The van der Waals surface area contributed by atoms with Crippen LogP contribution >= 0.6 is 11.3 Å². The number of carbonyl (C=O) groups excluding carboxylic acids is 2. The fourth-order valence-electron chi connectivity index (χ4n) is 4.27. The van der Waals surface area contributed by atoms with E-state index in [1.54, 1.807) is 6.07 Å². The minimum Gasteiger partial charge on any atom is -0.347 e. The molecule has 2 aromatic carbocycles. The molecule has 0 spiro atoms. The van der Waals surface area contributed by atoms with Crippen molar-refractivity contribution in [2.75, 3.05) is 26.2 Å². The molecule has 0 aliphatic carbocycles. The highest BCUT2D eigenvalue weighted by Gasteiger charge is 2.22. The topological polar surface area (TPSA) is 65.5 Å². The monoisotopic (exact) mass is 470 g/mol. The molecule has 0 saturated carbocycles. The number of nitrogens with one attached hydrogen (secondary N) is 1. The number of fused-ring (bicyclic) bond motifs is 1. The van der Waals surface area contributed by atoms with Crippen LogP contribution in [0.2, 0.25) is 0 Å². The molecule has 0 unspecified atom stereocenters. The Hall–Kier alpha value is -3.55. The molecule has 1 fully saturated rings. The van der Waals surface area contributed by atoms with Crippen molar-refractivity contribution in [2.24, 2.45) is 0 Å². The number of benzene rings is 2. The highest BCUT2D eigenvalue weighted by molar-refractivity contribution is 7.12. The van der Waals surface area contributed by atoms with E-state index < -0.39 is 0 Å². The second kappa shape index (κ2) is 10.2. The van der Waals surface area contributed by atoms with E-state index in [1.165, 1.54) is 16.9 Å². The summed E-state index contributed by atoms with van der Waals surface area (Å²) in [5.74, 6) is -0.0204. The Labute approximate surface area is 202 Å². The number of amides is 2. The molecule has 0 atom stereocenters. The van der Waals surface area contributed by atoms with Gasteiger partial charge in [0.2, 0.25) is 0 Å².